The molecular weight excluding hydrogens is 232 g/mol. The summed E-state index contributed by atoms with van der Waals surface area (Å²) in [6, 6.07) is 10.2. The minimum Gasteiger partial charge on any atom is -0.254 e. The third-order valence-corrected chi connectivity index (χ3v) is 2.88. The number of aromatic nitrogens is 2. The van der Waals surface area contributed by atoms with Crippen LogP contribution in [0.2, 0.25) is 0 Å². The molecule has 0 aliphatic carbocycles. The summed E-state index contributed by atoms with van der Waals surface area (Å²) in [6.07, 6.45) is 0. The van der Waals surface area contributed by atoms with Gasteiger partial charge >= 0.3 is 0 Å². The van der Waals surface area contributed by atoms with E-state index in [9.17, 15) is 0 Å². The van der Waals surface area contributed by atoms with Gasteiger partial charge in [0.05, 0.1) is 22.8 Å². The van der Waals surface area contributed by atoms with Crippen molar-refractivity contribution in [2.45, 2.75) is 47.5 Å². The molecule has 2 heteroatoms. The summed E-state index contributed by atoms with van der Waals surface area (Å²) in [5.74, 6) is 0.422. The maximum atomic E-state index is 4.70. The van der Waals surface area contributed by atoms with Gasteiger partial charge in [-0.15, -0.1) is 0 Å². The summed E-state index contributed by atoms with van der Waals surface area (Å²) in [5, 5.41) is 0. The molecule has 0 spiro atoms. The lowest BCUT2D eigenvalue weighted by Gasteiger charge is -2.12. The van der Waals surface area contributed by atoms with Crippen LogP contribution in [-0.4, -0.2) is 9.97 Å². The topological polar surface area (TPSA) is 25.8 Å². The first-order chi connectivity index (χ1) is 9.09. The van der Waals surface area contributed by atoms with Gasteiger partial charge in [0, 0.05) is 5.56 Å². The molecule has 0 saturated carbocycles. The molecule has 2 nitrogen and oxygen atoms in total. The fourth-order valence-corrected chi connectivity index (χ4v) is 2.04. The van der Waals surface area contributed by atoms with Crippen molar-refractivity contribution in [3.63, 3.8) is 0 Å². The number of aryl methyl sites for hydroxylation is 2. The molecule has 0 radical (unpaired) electrons. The Morgan fingerprint density at radius 3 is 1.95 bits per heavy atom. The van der Waals surface area contributed by atoms with Gasteiger partial charge in [-0.05, 0) is 19.8 Å². The molecule has 0 fully saturated rings. The smallest absolute Gasteiger partial charge is 0.0917 e. The molecule has 0 N–H and O–H groups in total. The van der Waals surface area contributed by atoms with Gasteiger partial charge in [-0.2, -0.15) is 0 Å². The maximum Gasteiger partial charge on any atom is 0.0917 e. The highest BCUT2D eigenvalue weighted by atomic mass is 14.8. The monoisotopic (exact) mass is 256 g/mol. The normalized spacial score (nSPS) is 10.1. The Kier molecular flexibility index (Phi) is 5.68. The zero-order chi connectivity index (χ0) is 14.4. The second-order valence-electron chi connectivity index (χ2n) is 4.65. The molecule has 2 aromatic rings. The Balaban J connectivity index is 0.000000861. The largest absolute Gasteiger partial charge is 0.254 e. The Morgan fingerprint density at radius 2 is 1.42 bits per heavy atom. The van der Waals surface area contributed by atoms with Crippen LogP contribution in [0.1, 0.15) is 50.7 Å². The second-order valence-corrected chi connectivity index (χ2v) is 4.65. The number of hydrogen-bond acceptors (Lipinski definition) is 2. The second kappa shape index (κ2) is 7.03. The first-order valence-corrected chi connectivity index (χ1v) is 7.00. The highest BCUT2D eigenvalue weighted by Crippen LogP contribution is 2.23. The summed E-state index contributed by atoms with van der Waals surface area (Å²) >= 11 is 0. The summed E-state index contributed by atoms with van der Waals surface area (Å²) in [4.78, 5) is 9.39. The molecule has 0 atom stereocenters. The minimum atomic E-state index is 0.422. The molecule has 0 aliphatic rings. The fourth-order valence-electron chi connectivity index (χ4n) is 2.04. The van der Waals surface area contributed by atoms with Gasteiger partial charge in [0.1, 0.15) is 0 Å². The summed E-state index contributed by atoms with van der Waals surface area (Å²) in [6.45, 7) is 12.4. The molecule has 2 rings (SSSR count). The van der Waals surface area contributed by atoms with Crippen molar-refractivity contribution in [2.24, 2.45) is 0 Å². The molecular formula is C17H24N2. The van der Waals surface area contributed by atoms with Gasteiger partial charge in [-0.3, -0.25) is 4.98 Å². The Morgan fingerprint density at radius 1 is 0.842 bits per heavy atom. The van der Waals surface area contributed by atoms with Gasteiger partial charge in [-0.1, -0.05) is 58.0 Å². The minimum absolute atomic E-state index is 0.422. The van der Waals surface area contributed by atoms with Crippen LogP contribution in [0, 0.1) is 13.8 Å². The quantitative estimate of drug-likeness (QED) is 0.763. The van der Waals surface area contributed by atoms with Crippen molar-refractivity contribution in [3.05, 3.63) is 47.4 Å². The zero-order valence-corrected chi connectivity index (χ0v) is 12.9. The number of benzene rings is 1. The van der Waals surface area contributed by atoms with E-state index in [0.717, 1.165) is 28.3 Å². The van der Waals surface area contributed by atoms with E-state index in [1.165, 1.54) is 0 Å². The Hall–Kier alpha value is -1.70. The van der Waals surface area contributed by atoms with E-state index in [-0.39, 0.29) is 0 Å². The molecule has 102 valence electrons. The van der Waals surface area contributed by atoms with E-state index < -0.39 is 0 Å². The average Bonchev–Trinajstić information content (AvgIpc) is 2.44. The van der Waals surface area contributed by atoms with E-state index in [4.69, 9.17) is 4.98 Å². The van der Waals surface area contributed by atoms with Gasteiger partial charge in [0.25, 0.3) is 0 Å². The fraction of sp³-hybridized carbons (Fsp3) is 0.412. The third kappa shape index (κ3) is 3.63. The van der Waals surface area contributed by atoms with Crippen molar-refractivity contribution in [1.82, 2.24) is 9.97 Å². The lowest BCUT2D eigenvalue weighted by Crippen LogP contribution is -2.04. The Bertz CT molecular complexity index is 516. The van der Waals surface area contributed by atoms with E-state index in [0.29, 0.717) is 5.92 Å². The van der Waals surface area contributed by atoms with Gasteiger partial charge < -0.3 is 0 Å². The molecule has 19 heavy (non-hydrogen) atoms. The predicted molar refractivity (Wildman–Crippen MR) is 82.4 cm³/mol. The van der Waals surface area contributed by atoms with E-state index in [1.54, 1.807) is 0 Å². The van der Waals surface area contributed by atoms with Crippen LogP contribution in [0.15, 0.2) is 30.3 Å². The van der Waals surface area contributed by atoms with E-state index in [1.807, 2.05) is 45.9 Å². The van der Waals surface area contributed by atoms with Crippen LogP contribution < -0.4 is 0 Å². The number of nitrogens with zero attached hydrogens (tertiary/aromatic N) is 2. The first kappa shape index (κ1) is 15.4. The molecule has 0 amide bonds. The van der Waals surface area contributed by atoms with Crippen molar-refractivity contribution in [1.29, 1.82) is 0 Å². The predicted octanol–water partition coefficient (Wildman–Crippen LogP) is 4.91. The van der Waals surface area contributed by atoms with Crippen molar-refractivity contribution >= 4 is 0 Å². The van der Waals surface area contributed by atoms with Crippen LogP contribution in [0.25, 0.3) is 11.3 Å². The summed E-state index contributed by atoms with van der Waals surface area (Å²) in [5.41, 5.74) is 5.26. The van der Waals surface area contributed by atoms with Gasteiger partial charge in [0.15, 0.2) is 0 Å². The zero-order valence-electron chi connectivity index (χ0n) is 12.9. The molecule has 0 saturated heterocycles. The van der Waals surface area contributed by atoms with Crippen molar-refractivity contribution < 1.29 is 0 Å². The van der Waals surface area contributed by atoms with Crippen LogP contribution in [0.5, 0.6) is 0 Å². The molecule has 0 bridgehead atoms. The first-order valence-electron chi connectivity index (χ1n) is 7.00. The van der Waals surface area contributed by atoms with Crippen LogP contribution >= 0.6 is 0 Å². The highest BCUT2D eigenvalue weighted by molar-refractivity contribution is 5.61. The lowest BCUT2D eigenvalue weighted by molar-refractivity contribution is 0.788. The summed E-state index contributed by atoms with van der Waals surface area (Å²) in [7, 11) is 0. The van der Waals surface area contributed by atoms with Crippen molar-refractivity contribution in [3.8, 4) is 11.3 Å². The Labute approximate surface area is 116 Å². The molecule has 0 aliphatic heterocycles. The van der Waals surface area contributed by atoms with Crippen LogP contribution in [-0.2, 0) is 0 Å². The molecule has 1 heterocycles. The SMILES string of the molecule is CC.Cc1nc(C(C)C)c(C)nc1-c1ccccc1. The highest BCUT2D eigenvalue weighted by Gasteiger charge is 2.11. The maximum absolute atomic E-state index is 4.70. The average molecular weight is 256 g/mol. The molecule has 1 aromatic carbocycles. The number of hydrogen-bond donors (Lipinski definition) is 0. The molecule has 1 aromatic heterocycles. The van der Waals surface area contributed by atoms with Crippen LogP contribution in [0.3, 0.4) is 0 Å². The van der Waals surface area contributed by atoms with Crippen LogP contribution in [0.4, 0.5) is 0 Å². The standard InChI is InChI=1S/C15H18N2.C2H6/c1-10(2)14-11(3)17-15(12(4)16-14)13-8-6-5-7-9-13;1-2/h5-10H,1-4H3;1-2H3. The number of rotatable bonds is 2. The third-order valence-electron chi connectivity index (χ3n) is 2.88. The van der Waals surface area contributed by atoms with Crippen molar-refractivity contribution in [2.75, 3.05) is 0 Å². The van der Waals surface area contributed by atoms with E-state index >= 15 is 0 Å². The van der Waals surface area contributed by atoms with Gasteiger partial charge in [0.2, 0.25) is 0 Å². The summed E-state index contributed by atoms with van der Waals surface area (Å²) < 4.78 is 0. The van der Waals surface area contributed by atoms with E-state index in [2.05, 4.69) is 31.0 Å². The molecule has 0 unspecified atom stereocenters. The van der Waals surface area contributed by atoms with Gasteiger partial charge in [-0.25, -0.2) is 4.98 Å². The lowest BCUT2D eigenvalue weighted by atomic mass is 10.1.